The number of amides is 2. The summed E-state index contributed by atoms with van der Waals surface area (Å²) in [6.45, 7) is 0. The van der Waals surface area contributed by atoms with Gasteiger partial charge in [-0.05, 0) is 71.6 Å². The van der Waals surface area contributed by atoms with Crippen LogP contribution in [0.3, 0.4) is 0 Å². The molecule has 2 aromatic heterocycles. The predicted octanol–water partition coefficient (Wildman–Crippen LogP) is 4.96. The van der Waals surface area contributed by atoms with E-state index in [1.54, 1.807) is 60.9 Å². The molecule has 196 valence electrons. The Morgan fingerprint density at radius 1 is 1.00 bits per heavy atom. The maximum atomic E-state index is 14.0. The van der Waals surface area contributed by atoms with E-state index in [-0.39, 0.29) is 24.5 Å². The SMILES string of the molecule is NC(=O)c1ccc(-c2cccnc2[C@H](Cc2cc(F)cc(F)c2)NC(=O)Cc2c[nH]c3ccc(O)cc23)cc1. The number of carbonyl (C=O) groups excluding carboxylic acids is 2. The lowest BCUT2D eigenvalue weighted by Gasteiger charge is -2.22. The molecule has 0 aliphatic carbocycles. The van der Waals surface area contributed by atoms with Crippen molar-refractivity contribution in [2.45, 2.75) is 18.9 Å². The summed E-state index contributed by atoms with van der Waals surface area (Å²) in [5.74, 6) is -2.28. The number of hydrogen-bond acceptors (Lipinski definition) is 4. The molecule has 0 bridgehead atoms. The molecule has 0 saturated carbocycles. The van der Waals surface area contributed by atoms with Gasteiger partial charge in [-0.2, -0.15) is 0 Å². The molecule has 1 atom stereocenters. The number of nitrogens with two attached hydrogens (primary N) is 1. The second-order valence-corrected chi connectivity index (χ2v) is 9.20. The van der Waals surface area contributed by atoms with Crippen LogP contribution >= 0.6 is 0 Å². The topological polar surface area (TPSA) is 121 Å². The number of hydrogen-bond donors (Lipinski definition) is 4. The van der Waals surface area contributed by atoms with Crippen LogP contribution in [-0.2, 0) is 17.6 Å². The highest BCUT2D eigenvalue weighted by Crippen LogP contribution is 2.30. The summed E-state index contributed by atoms with van der Waals surface area (Å²) in [6, 6.07) is 17.5. The van der Waals surface area contributed by atoms with Crippen molar-refractivity contribution in [1.29, 1.82) is 0 Å². The Balaban J connectivity index is 1.50. The Morgan fingerprint density at radius 3 is 2.46 bits per heavy atom. The Morgan fingerprint density at radius 2 is 1.74 bits per heavy atom. The molecular weight excluding hydrogens is 502 g/mol. The number of benzene rings is 3. The highest BCUT2D eigenvalue weighted by molar-refractivity contribution is 5.93. The van der Waals surface area contributed by atoms with E-state index in [4.69, 9.17) is 5.73 Å². The summed E-state index contributed by atoms with van der Waals surface area (Å²) in [4.78, 5) is 32.4. The zero-order valence-corrected chi connectivity index (χ0v) is 20.6. The van der Waals surface area contributed by atoms with E-state index >= 15 is 0 Å². The molecule has 0 radical (unpaired) electrons. The quantitative estimate of drug-likeness (QED) is 0.228. The minimum Gasteiger partial charge on any atom is -0.508 e. The van der Waals surface area contributed by atoms with Crippen LogP contribution in [0, 0.1) is 11.6 Å². The van der Waals surface area contributed by atoms with Gasteiger partial charge in [0.2, 0.25) is 11.8 Å². The fraction of sp³-hybridized carbons (Fsp3) is 0.100. The predicted molar refractivity (Wildman–Crippen MR) is 143 cm³/mol. The molecule has 2 amide bonds. The summed E-state index contributed by atoms with van der Waals surface area (Å²) in [6.07, 6.45) is 3.34. The van der Waals surface area contributed by atoms with Crippen LogP contribution in [-0.4, -0.2) is 26.9 Å². The third kappa shape index (κ3) is 5.77. The van der Waals surface area contributed by atoms with E-state index in [0.717, 1.165) is 17.1 Å². The Hall–Kier alpha value is -5.05. The Labute approximate surface area is 222 Å². The number of pyridine rings is 1. The molecule has 5 aromatic rings. The largest absolute Gasteiger partial charge is 0.508 e. The zero-order chi connectivity index (χ0) is 27.5. The minimum absolute atomic E-state index is 0.00700. The van der Waals surface area contributed by atoms with E-state index in [9.17, 15) is 23.5 Å². The van der Waals surface area contributed by atoms with Crippen molar-refractivity contribution in [3.63, 3.8) is 0 Å². The summed E-state index contributed by atoms with van der Waals surface area (Å²) < 4.78 is 28.0. The number of phenolic OH excluding ortho intramolecular Hbond substituents is 1. The van der Waals surface area contributed by atoms with Gasteiger partial charge in [0.1, 0.15) is 17.4 Å². The van der Waals surface area contributed by atoms with E-state index in [0.29, 0.717) is 33.3 Å². The molecule has 0 spiro atoms. The Kier molecular flexibility index (Phi) is 7.05. The molecule has 7 nitrogen and oxygen atoms in total. The van der Waals surface area contributed by atoms with Crippen molar-refractivity contribution >= 4 is 22.7 Å². The number of H-pyrrole nitrogens is 1. The van der Waals surface area contributed by atoms with Crippen molar-refractivity contribution in [2.24, 2.45) is 5.73 Å². The summed E-state index contributed by atoms with van der Waals surface area (Å²) in [5.41, 5.74) is 9.38. The maximum absolute atomic E-state index is 14.0. The average molecular weight is 527 g/mol. The number of aromatic hydroxyl groups is 1. The Bertz CT molecular complexity index is 1660. The maximum Gasteiger partial charge on any atom is 0.248 e. The number of nitrogens with one attached hydrogen (secondary N) is 2. The van der Waals surface area contributed by atoms with Crippen LogP contribution in [0.2, 0.25) is 0 Å². The first-order valence-electron chi connectivity index (χ1n) is 12.2. The molecule has 2 heterocycles. The number of aromatic amines is 1. The highest BCUT2D eigenvalue weighted by atomic mass is 19.1. The molecule has 39 heavy (non-hydrogen) atoms. The molecule has 5 N–H and O–H groups in total. The molecule has 9 heteroatoms. The van der Waals surface area contributed by atoms with Crippen molar-refractivity contribution in [2.75, 3.05) is 0 Å². The van der Waals surface area contributed by atoms with E-state index in [1.165, 1.54) is 12.1 Å². The molecule has 0 aliphatic heterocycles. The van der Waals surface area contributed by atoms with Crippen molar-refractivity contribution < 1.29 is 23.5 Å². The number of halogens is 2. The normalized spacial score (nSPS) is 11.8. The van der Waals surface area contributed by atoms with Gasteiger partial charge in [-0.3, -0.25) is 14.6 Å². The lowest BCUT2D eigenvalue weighted by Crippen LogP contribution is -2.32. The lowest BCUT2D eigenvalue weighted by molar-refractivity contribution is -0.121. The monoisotopic (exact) mass is 526 g/mol. The van der Waals surface area contributed by atoms with Gasteiger partial charge in [-0.15, -0.1) is 0 Å². The van der Waals surface area contributed by atoms with Gasteiger partial charge < -0.3 is 21.1 Å². The lowest BCUT2D eigenvalue weighted by atomic mass is 9.94. The summed E-state index contributed by atoms with van der Waals surface area (Å²) in [7, 11) is 0. The third-order valence-corrected chi connectivity index (χ3v) is 6.45. The van der Waals surface area contributed by atoms with Gasteiger partial charge in [0.15, 0.2) is 0 Å². The van der Waals surface area contributed by atoms with Gasteiger partial charge >= 0.3 is 0 Å². The number of primary amides is 1. The van der Waals surface area contributed by atoms with Crippen LogP contribution in [0.5, 0.6) is 5.75 Å². The smallest absolute Gasteiger partial charge is 0.248 e. The molecule has 3 aromatic carbocycles. The van der Waals surface area contributed by atoms with Crippen LogP contribution in [0.4, 0.5) is 8.78 Å². The number of nitrogens with zero attached hydrogens (tertiary/aromatic N) is 1. The van der Waals surface area contributed by atoms with Crippen LogP contribution < -0.4 is 11.1 Å². The number of aromatic nitrogens is 2. The first-order chi connectivity index (χ1) is 18.8. The number of phenols is 1. The van der Waals surface area contributed by atoms with Gasteiger partial charge in [0, 0.05) is 40.5 Å². The first-order valence-corrected chi connectivity index (χ1v) is 12.2. The highest BCUT2D eigenvalue weighted by Gasteiger charge is 2.22. The van der Waals surface area contributed by atoms with E-state index < -0.39 is 23.6 Å². The van der Waals surface area contributed by atoms with E-state index in [2.05, 4.69) is 15.3 Å². The standard InChI is InChI=1S/C30H24F2N4O3/c31-21-10-17(11-22(32)14-21)12-27(36-28(38)13-20-16-35-26-8-7-23(37)15-25(20)26)29-24(2-1-9-34-29)18-3-5-19(6-4-18)30(33)39/h1-11,14-16,27,35,37H,12-13H2,(H2,33,39)(H,36,38)/t27-/m0/s1. The van der Waals surface area contributed by atoms with Gasteiger partial charge in [-0.25, -0.2) is 8.78 Å². The van der Waals surface area contributed by atoms with Crippen LogP contribution in [0.1, 0.15) is 33.2 Å². The summed E-state index contributed by atoms with van der Waals surface area (Å²) in [5, 5.41) is 13.6. The van der Waals surface area contributed by atoms with Gasteiger partial charge in [0.25, 0.3) is 0 Å². The van der Waals surface area contributed by atoms with Crippen molar-refractivity contribution in [3.8, 4) is 16.9 Å². The summed E-state index contributed by atoms with van der Waals surface area (Å²) >= 11 is 0. The zero-order valence-electron chi connectivity index (χ0n) is 20.6. The number of fused-ring (bicyclic) bond motifs is 1. The number of carbonyl (C=O) groups is 2. The molecule has 5 rings (SSSR count). The van der Waals surface area contributed by atoms with Gasteiger partial charge in [0.05, 0.1) is 18.2 Å². The fourth-order valence-electron chi connectivity index (χ4n) is 4.66. The minimum atomic E-state index is -0.746. The number of rotatable bonds is 8. The fourth-order valence-corrected chi connectivity index (χ4v) is 4.66. The third-order valence-electron chi connectivity index (χ3n) is 6.45. The van der Waals surface area contributed by atoms with E-state index in [1.807, 2.05) is 6.07 Å². The van der Waals surface area contributed by atoms with Gasteiger partial charge in [-0.1, -0.05) is 18.2 Å². The molecule has 0 unspecified atom stereocenters. The van der Waals surface area contributed by atoms with Crippen molar-refractivity contribution in [3.05, 3.63) is 119 Å². The second-order valence-electron chi connectivity index (χ2n) is 9.20. The van der Waals surface area contributed by atoms with Crippen molar-refractivity contribution in [1.82, 2.24) is 15.3 Å². The van der Waals surface area contributed by atoms with Crippen LogP contribution in [0.15, 0.2) is 85.2 Å². The first kappa shape index (κ1) is 25.6. The van der Waals surface area contributed by atoms with Crippen LogP contribution in [0.25, 0.3) is 22.0 Å². The molecular formula is C30H24F2N4O3. The average Bonchev–Trinajstić information content (AvgIpc) is 3.29. The molecule has 0 aliphatic rings. The molecule has 0 saturated heterocycles. The molecule has 0 fully saturated rings. The second kappa shape index (κ2) is 10.7.